The second-order valence-corrected chi connectivity index (χ2v) is 5.26. The average molecular weight is 224 g/mol. The summed E-state index contributed by atoms with van der Waals surface area (Å²) in [6.45, 7) is 4.99. The molecule has 0 aromatic carbocycles. The molecule has 3 atom stereocenters. The Morgan fingerprint density at radius 2 is 2.38 bits per heavy atom. The van der Waals surface area contributed by atoms with Crippen molar-refractivity contribution in [1.29, 1.82) is 0 Å². The van der Waals surface area contributed by atoms with Crippen molar-refractivity contribution in [3.8, 4) is 0 Å². The molecule has 0 bridgehead atoms. The Kier molecular flexibility index (Phi) is 2.91. The summed E-state index contributed by atoms with van der Waals surface area (Å²) >= 11 is 0. The summed E-state index contributed by atoms with van der Waals surface area (Å²) in [5.41, 5.74) is 0.176. The predicted molar refractivity (Wildman–Crippen MR) is 60.7 cm³/mol. The van der Waals surface area contributed by atoms with Crippen LogP contribution in [0.5, 0.6) is 0 Å². The lowest BCUT2D eigenvalue weighted by molar-refractivity contribution is -0.131. The van der Waals surface area contributed by atoms with Gasteiger partial charge in [-0.3, -0.25) is 9.59 Å². The zero-order valence-corrected chi connectivity index (χ0v) is 10.0. The molecule has 1 saturated carbocycles. The van der Waals surface area contributed by atoms with Crippen molar-refractivity contribution in [2.45, 2.75) is 45.6 Å². The largest absolute Gasteiger partial charge is 0.354 e. The lowest BCUT2D eigenvalue weighted by Crippen LogP contribution is -2.50. The third-order valence-corrected chi connectivity index (χ3v) is 4.08. The topological polar surface area (TPSA) is 58.2 Å². The van der Waals surface area contributed by atoms with Gasteiger partial charge < -0.3 is 10.6 Å². The summed E-state index contributed by atoms with van der Waals surface area (Å²) in [5, 5.41) is 5.65. The van der Waals surface area contributed by atoms with Gasteiger partial charge in [0.15, 0.2) is 0 Å². The normalized spacial score (nSPS) is 37.8. The zero-order valence-electron chi connectivity index (χ0n) is 10.0. The van der Waals surface area contributed by atoms with Crippen LogP contribution in [0.2, 0.25) is 0 Å². The molecule has 0 radical (unpaired) electrons. The van der Waals surface area contributed by atoms with Crippen molar-refractivity contribution < 1.29 is 9.59 Å². The van der Waals surface area contributed by atoms with Gasteiger partial charge in [-0.1, -0.05) is 13.8 Å². The van der Waals surface area contributed by atoms with Gasteiger partial charge in [0.25, 0.3) is 0 Å². The molecular formula is C12H20N2O2. The Morgan fingerprint density at radius 1 is 1.62 bits per heavy atom. The first-order valence-corrected chi connectivity index (χ1v) is 6.15. The van der Waals surface area contributed by atoms with E-state index in [-0.39, 0.29) is 29.2 Å². The second kappa shape index (κ2) is 4.07. The van der Waals surface area contributed by atoms with Crippen molar-refractivity contribution in [3.63, 3.8) is 0 Å². The van der Waals surface area contributed by atoms with Crippen LogP contribution in [-0.2, 0) is 9.59 Å². The quantitative estimate of drug-likeness (QED) is 0.745. The summed E-state index contributed by atoms with van der Waals surface area (Å²) in [6, 6.07) is -0.303. The van der Waals surface area contributed by atoms with Gasteiger partial charge >= 0.3 is 0 Å². The summed E-state index contributed by atoms with van der Waals surface area (Å²) in [6.07, 6.45) is 3.71. The van der Waals surface area contributed by atoms with E-state index in [4.69, 9.17) is 0 Å². The van der Waals surface area contributed by atoms with E-state index in [0.717, 1.165) is 32.2 Å². The molecule has 1 saturated heterocycles. The second-order valence-electron chi connectivity index (χ2n) is 5.26. The van der Waals surface area contributed by atoms with Crippen LogP contribution in [0.1, 0.15) is 39.5 Å². The number of carbonyl (C=O) groups excluding carboxylic acids is 2. The predicted octanol–water partition coefficient (Wildman–Crippen LogP) is 0.817. The van der Waals surface area contributed by atoms with Crippen LogP contribution in [0, 0.1) is 11.3 Å². The van der Waals surface area contributed by atoms with Gasteiger partial charge in [0, 0.05) is 12.5 Å². The van der Waals surface area contributed by atoms with Crippen molar-refractivity contribution in [2.24, 2.45) is 11.3 Å². The Balaban J connectivity index is 1.86. The molecule has 3 unspecified atom stereocenters. The van der Waals surface area contributed by atoms with Gasteiger partial charge in [-0.2, -0.15) is 0 Å². The van der Waals surface area contributed by atoms with Crippen LogP contribution in [0.4, 0.5) is 0 Å². The highest BCUT2D eigenvalue weighted by Crippen LogP contribution is 2.54. The molecule has 2 rings (SSSR count). The van der Waals surface area contributed by atoms with Crippen molar-refractivity contribution in [1.82, 2.24) is 10.6 Å². The van der Waals surface area contributed by atoms with Gasteiger partial charge in [0.2, 0.25) is 11.8 Å². The van der Waals surface area contributed by atoms with E-state index in [1.54, 1.807) is 0 Å². The number of carbonyl (C=O) groups is 2. The van der Waals surface area contributed by atoms with E-state index in [2.05, 4.69) is 24.5 Å². The van der Waals surface area contributed by atoms with Crippen molar-refractivity contribution >= 4 is 11.8 Å². The van der Waals surface area contributed by atoms with Crippen molar-refractivity contribution in [2.75, 3.05) is 6.54 Å². The van der Waals surface area contributed by atoms with Crippen LogP contribution >= 0.6 is 0 Å². The van der Waals surface area contributed by atoms with E-state index >= 15 is 0 Å². The number of amides is 2. The van der Waals surface area contributed by atoms with Gasteiger partial charge in [0.1, 0.15) is 6.04 Å². The minimum atomic E-state index is -0.303. The molecule has 1 aliphatic heterocycles. The molecule has 0 aromatic rings. The minimum absolute atomic E-state index is 0.0292. The first kappa shape index (κ1) is 11.4. The Hall–Kier alpha value is -1.06. The first-order chi connectivity index (χ1) is 7.57. The number of hydrogen-bond donors (Lipinski definition) is 2. The summed E-state index contributed by atoms with van der Waals surface area (Å²) in [7, 11) is 0. The van der Waals surface area contributed by atoms with Crippen LogP contribution < -0.4 is 10.6 Å². The molecule has 1 aliphatic carbocycles. The van der Waals surface area contributed by atoms with Gasteiger partial charge in [0.05, 0.1) is 0 Å². The maximum absolute atomic E-state index is 11.9. The number of nitrogens with one attached hydrogen (secondary N) is 2. The lowest BCUT2D eigenvalue weighted by atomic mass is 10.0. The van der Waals surface area contributed by atoms with Crippen LogP contribution in [0.3, 0.4) is 0 Å². The lowest BCUT2D eigenvalue weighted by Gasteiger charge is -2.23. The Labute approximate surface area is 96.2 Å². The van der Waals surface area contributed by atoms with Gasteiger partial charge in [-0.15, -0.1) is 0 Å². The summed E-state index contributed by atoms with van der Waals surface area (Å²) < 4.78 is 0. The fourth-order valence-electron chi connectivity index (χ4n) is 2.39. The molecule has 2 amide bonds. The van der Waals surface area contributed by atoms with E-state index in [9.17, 15) is 9.59 Å². The van der Waals surface area contributed by atoms with Crippen molar-refractivity contribution in [3.05, 3.63) is 0 Å². The molecule has 2 aliphatic rings. The molecule has 1 heterocycles. The van der Waals surface area contributed by atoms with Gasteiger partial charge in [-0.05, 0) is 31.1 Å². The van der Waals surface area contributed by atoms with E-state index in [0.29, 0.717) is 0 Å². The fourth-order valence-corrected chi connectivity index (χ4v) is 2.39. The highest BCUT2D eigenvalue weighted by molar-refractivity contribution is 5.90. The molecule has 4 nitrogen and oxygen atoms in total. The number of hydrogen-bond acceptors (Lipinski definition) is 2. The van der Waals surface area contributed by atoms with Gasteiger partial charge in [-0.25, -0.2) is 0 Å². The molecular weight excluding hydrogens is 204 g/mol. The number of rotatable bonds is 3. The standard InChI is InChI=1S/C12H20N2O2/c1-3-12(2)7-8(12)10(15)14-9-5-4-6-13-11(9)16/h8-9H,3-7H2,1-2H3,(H,13,16)(H,14,15). The molecule has 90 valence electrons. The SMILES string of the molecule is CCC1(C)CC1C(=O)NC1CCCNC1=O. The summed E-state index contributed by atoms with van der Waals surface area (Å²) in [4.78, 5) is 23.4. The molecule has 2 fully saturated rings. The first-order valence-electron chi connectivity index (χ1n) is 6.15. The monoisotopic (exact) mass is 224 g/mol. The Bertz CT molecular complexity index is 316. The van der Waals surface area contributed by atoms with E-state index < -0.39 is 0 Å². The number of piperidine rings is 1. The molecule has 4 heteroatoms. The zero-order chi connectivity index (χ0) is 11.8. The highest BCUT2D eigenvalue weighted by atomic mass is 16.2. The third kappa shape index (κ3) is 2.06. The fraction of sp³-hybridized carbons (Fsp3) is 0.833. The van der Waals surface area contributed by atoms with Crippen LogP contribution in [0.25, 0.3) is 0 Å². The smallest absolute Gasteiger partial charge is 0.242 e. The third-order valence-electron chi connectivity index (χ3n) is 4.08. The molecule has 0 spiro atoms. The maximum atomic E-state index is 11.9. The van der Waals surface area contributed by atoms with Crippen LogP contribution in [-0.4, -0.2) is 24.4 Å². The summed E-state index contributed by atoms with van der Waals surface area (Å²) in [5.74, 6) is 0.150. The maximum Gasteiger partial charge on any atom is 0.242 e. The molecule has 16 heavy (non-hydrogen) atoms. The minimum Gasteiger partial charge on any atom is -0.354 e. The molecule has 2 N–H and O–H groups in total. The molecule has 0 aromatic heterocycles. The average Bonchev–Trinajstić information content (AvgIpc) is 2.95. The van der Waals surface area contributed by atoms with E-state index in [1.807, 2.05) is 0 Å². The van der Waals surface area contributed by atoms with E-state index in [1.165, 1.54) is 0 Å². The van der Waals surface area contributed by atoms with Crippen LogP contribution in [0.15, 0.2) is 0 Å². The highest BCUT2D eigenvalue weighted by Gasteiger charge is 2.53. The Morgan fingerprint density at radius 3 is 2.94 bits per heavy atom.